The highest BCUT2D eigenvalue weighted by Crippen LogP contribution is 2.37. The van der Waals surface area contributed by atoms with Crippen LogP contribution < -0.4 is 9.47 Å². The Bertz CT molecular complexity index is 1340. The molecule has 4 rings (SSSR count). The largest absolute Gasteiger partial charge is 0.490 e. The van der Waals surface area contributed by atoms with Crippen LogP contribution in [0.25, 0.3) is 6.08 Å². The molecule has 0 aromatic heterocycles. The summed E-state index contributed by atoms with van der Waals surface area (Å²) in [4.78, 5) is 27.0. The maximum atomic E-state index is 13.0. The van der Waals surface area contributed by atoms with Gasteiger partial charge in [-0.3, -0.25) is 14.5 Å². The molecule has 1 fully saturated rings. The number of amides is 2. The van der Waals surface area contributed by atoms with Gasteiger partial charge in [0.1, 0.15) is 6.61 Å². The average molecular weight is 583 g/mol. The Morgan fingerprint density at radius 2 is 1.61 bits per heavy atom. The van der Waals surface area contributed by atoms with Crippen LogP contribution in [0.15, 0.2) is 59.5 Å². The molecule has 0 saturated carbocycles. The van der Waals surface area contributed by atoms with Gasteiger partial charge in [0, 0.05) is 15.6 Å². The molecule has 1 saturated heterocycles. The van der Waals surface area contributed by atoms with Crippen LogP contribution in [-0.4, -0.2) is 22.7 Å². The van der Waals surface area contributed by atoms with Crippen molar-refractivity contribution < 1.29 is 19.1 Å². The molecule has 186 valence electrons. The summed E-state index contributed by atoms with van der Waals surface area (Å²) < 4.78 is 11.7. The van der Waals surface area contributed by atoms with E-state index >= 15 is 0 Å². The van der Waals surface area contributed by atoms with Crippen molar-refractivity contribution >= 4 is 75.4 Å². The Kier molecular flexibility index (Phi) is 8.75. The van der Waals surface area contributed by atoms with Gasteiger partial charge in [-0.05, 0) is 72.3 Å². The molecule has 3 aromatic rings. The maximum absolute atomic E-state index is 13.0. The number of rotatable bonds is 8. The van der Waals surface area contributed by atoms with Gasteiger partial charge in [0.2, 0.25) is 0 Å². The van der Waals surface area contributed by atoms with Crippen LogP contribution in [0.2, 0.25) is 20.1 Å². The molecule has 0 radical (unpaired) electrons. The van der Waals surface area contributed by atoms with E-state index in [1.54, 1.807) is 54.6 Å². The highest BCUT2D eigenvalue weighted by atomic mass is 35.5. The van der Waals surface area contributed by atoms with Gasteiger partial charge < -0.3 is 9.47 Å². The first-order valence-electron chi connectivity index (χ1n) is 10.8. The van der Waals surface area contributed by atoms with Gasteiger partial charge in [0.05, 0.1) is 28.1 Å². The Labute approximate surface area is 232 Å². The Balaban J connectivity index is 1.52. The summed E-state index contributed by atoms with van der Waals surface area (Å²) in [7, 11) is 0. The topological polar surface area (TPSA) is 55.8 Å². The number of halogens is 4. The number of thioether (sulfide) groups is 1. The number of imide groups is 1. The van der Waals surface area contributed by atoms with Crippen LogP contribution in [0.5, 0.6) is 11.5 Å². The predicted molar refractivity (Wildman–Crippen MR) is 146 cm³/mol. The van der Waals surface area contributed by atoms with Gasteiger partial charge >= 0.3 is 0 Å². The fraction of sp³-hybridized carbons (Fsp3) is 0.154. The van der Waals surface area contributed by atoms with Crippen LogP contribution in [-0.2, 0) is 17.9 Å². The van der Waals surface area contributed by atoms with Crippen molar-refractivity contribution in [2.45, 2.75) is 20.1 Å². The number of carbonyl (C=O) groups excluding carboxylic acids is 2. The van der Waals surface area contributed by atoms with Gasteiger partial charge in [0.15, 0.2) is 11.5 Å². The molecule has 0 aliphatic carbocycles. The third-order valence-corrected chi connectivity index (χ3v) is 7.55. The first-order valence-corrected chi connectivity index (χ1v) is 13.1. The molecular weight excluding hydrogens is 564 g/mol. The number of ether oxygens (including phenoxy) is 2. The predicted octanol–water partition coefficient (Wildman–Crippen LogP) is 8.51. The van der Waals surface area contributed by atoms with Crippen molar-refractivity contribution in [1.82, 2.24) is 4.90 Å². The number of nitrogens with zero attached hydrogens (tertiary/aromatic N) is 1. The van der Waals surface area contributed by atoms with Crippen molar-refractivity contribution in [3.8, 4) is 11.5 Å². The van der Waals surface area contributed by atoms with E-state index in [2.05, 4.69) is 0 Å². The van der Waals surface area contributed by atoms with E-state index in [1.165, 1.54) is 0 Å². The Morgan fingerprint density at radius 1 is 0.861 bits per heavy atom. The molecule has 0 bridgehead atoms. The van der Waals surface area contributed by atoms with Gasteiger partial charge in [-0.2, -0.15) is 0 Å². The van der Waals surface area contributed by atoms with E-state index in [0.717, 1.165) is 22.2 Å². The zero-order valence-corrected chi connectivity index (χ0v) is 22.7. The average Bonchev–Trinajstić information content (AvgIpc) is 3.10. The zero-order chi connectivity index (χ0) is 25.8. The van der Waals surface area contributed by atoms with Crippen molar-refractivity contribution in [1.29, 1.82) is 0 Å². The molecular formula is C26H19Cl4NO4S. The van der Waals surface area contributed by atoms with Crippen molar-refractivity contribution in [3.05, 3.63) is 96.3 Å². The standard InChI is InChI=1S/C26H19Cl4NO4S/c1-2-34-23-11-15(7-9-22(23)35-14-16-6-8-20(29)21(30)10-16)12-24-25(32)31(26(33)36-24)13-17-18(27)4-3-5-19(17)28/h3-12H,2,13-14H2,1H3/b24-12+. The summed E-state index contributed by atoms with van der Waals surface area (Å²) in [6, 6.07) is 15.6. The fourth-order valence-corrected chi connectivity index (χ4v) is 5.10. The Hall–Kier alpha value is -2.35. The lowest BCUT2D eigenvalue weighted by molar-refractivity contribution is -0.123. The minimum Gasteiger partial charge on any atom is -0.490 e. The van der Waals surface area contributed by atoms with Crippen molar-refractivity contribution in [2.75, 3.05) is 6.61 Å². The molecule has 36 heavy (non-hydrogen) atoms. The van der Waals surface area contributed by atoms with Crippen LogP contribution in [0.1, 0.15) is 23.6 Å². The van der Waals surface area contributed by atoms with E-state index in [4.69, 9.17) is 55.9 Å². The van der Waals surface area contributed by atoms with Crippen molar-refractivity contribution in [2.24, 2.45) is 0 Å². The maximum Gasteiger partial charge on any atom is 0.293 e. The number of hydrogen-bond acceptors (Lipinski definition) is 5. The van der Waals surface area contributed by atoms with Crippen molar-refractivity contribution in [3.63, 3.8) is 0 Å². The smallest absolute Gasteiger partial charge is 0.293 e. The van der Waals surface area contributed by atoms with Crippen LogP contribution in [0, 0.1) is 0 Å². The van der Waals surface area contributed by atoms with E-state index in [-0.39, 0.29) is 18.1 Å². The molecule has 0 N–H and O–H groups in total. The SMILES string of the molecule is CCOc1cc(/C=C2/SC(=O)N(Cc3c(Cl)cccc3Cl)C2=O)ccc1OCc1ccc(Cl)c(Cl)c1. The molecule has 3 aromatic carbocycles. The molecule has 5 nitrogen and oxygen atoms in total. The summed E-state index contributed by atoms with van der Waals surface area (Å²) in [5.41, 5.74) is 2.05. The quantitative estimate of drug-likeness (QED) is 0.249. The third-order valence-electron chi connectivity index (χ3n) is 5.20. The van der Waals surface area contributed by atoms with Crippen LogP contribution in [0.3, 0.4) is 0 Å². The minimum atomic E-state index is -0.418. The second-order valence-electron chi connectivity index (χ2n) is 7.64. The summed E-state index contributed by atoms with van der Waals surface area (Å²) in [6.45, 7) is 2.54. The monoisotopic (exact) mass is 581 g/mol. The van der Waals surface area contributed by atoms with Crippen LogP contribution in [0.4, 0.5) is 4.79 Å². The second kappa shape index (κ2) is 11.8. The van der Waals surface area contributed by atoms with Gasteiger partial charge in [0.25, 0.3) is 11.1 Å². The van der Waals surface area contributed by atoms with Gasteiger partial charge in [-0.15, -0.1) is 0 Å². The molecule has 0 spiro atoms. The molecule has 10 heteroatoms. The zero-order valence-electron chi connectivity index (χ0n) is 18.9. The molecule has 2 amide bonds. The summed E-state index contributed by atoms with van der Waals surface area (Å²) in [6.07, 6.45) is 1.64. The van der Waals surface area contributed by atoms with E-state index < -0.39 is 11.1 Å². The summed E-state index contributed by atoms with van der Waals surface area (Å²) in [5.74, 6) is 0.619. The summed E-state index contributed by atoms with van der Waals surface area (Å²) in [5, 5.41) is 1.31. The molecule has 0 unspecified atom stereocenters. The number of carbonyl (C=O) groups is 2. The number of benzene rings is 3. The van der Waals surface area contributed by atoms with Gasteiger partial charge in [-0.1, -0.05) is 64.6 Å². The lowest BCUT2D eigenvalue weighted by atomic mass is 10.1. The van der Waals surface area contributed by atoms with Crippen LogP contribution >= 0.6 is 58.2 Å². The molecule has 1 aliphatic rings. The molecule has 1 heterocycles. The first kappa shape index (κ1) is 26.7. The lowest BCUT2D eigenvalue weighted by Gasteiger charge is -2.15. The lowest BCUT2D eigenvalue weighted by Crippen LogP contribution is -2.27. The Morgan fingerprint density at radius 3 is 2.31 bits per heavy atom. The number of hydrogen-bond donors (Lipinski definition) is 0. The third kappa shape index (κ3) is 6.13. The molecule has 0 atom stereocenters. The normalized spacial score (nSPS) is 14.6. The first-order chi connectivity index (χ1) is 17.3. The van der Waals surface area contributed by atoms with Gasteiger partial charge in [-0.25, -0.2) is 0 Å². The summed E-state index contributed by atoms with van der Waals surface area (Å²) >= 11 is 25.4. The highest BCUT2D eigenvalue weighted by molar-refractivity contribution is 8.18. The highest BCUT2D eigenvalue weighted by Gasteiger charge is 2.35. The second-order valence-corrected chi connectivity index (χ2v) is 10.3. The molecule has 1 aliphatic heterocycles. The fourth-order valence-electron chi connectivity index (χ4n) is 3.42. The minimum absolute atomic E-state index is 0.00774. The van der Waals surface area contributed by atoms with E-state index in [9.17, 15) is 9.59 Å². The van der Waals surface area contributed by atoms with E-state index in [1.807, 2.05) is 13.0 Å². The van der Waals surface area contributed by atoms with E-state index in [0.29, 0.717) is 49.3 Å².